The van der Waals surface area contributed by atoms with Gasteiger partial charge in [0.2, 0.25) is 0 Å². The Morgan fingerprint density at radius 2 is 0.788 bits per heavy atom. The van der Waals surface area contributed by atoms with E-state index < -0.39 is 0 Å². The van der Waals surface area contributed by atoms with E-state index in [1.807, 2.05) is 7.05 Å². The lowest BCUT2D eigenvalue weighted by Gasteiger charge is -2.31. The molecule has 324 valence electrons. The summed E-state index contributed by atoms with van der Waals surface area (Å²) < 4.78 is 4.49. The largest absolute Gasteiger partial charge is 0.331 e. The van der Waals surface area contributed by atoms with Crippen LogP contribution in [0.25, 0.3) is 0 Å². The first-order valence-electron chi connectivity index (χ1n) is 22.5. The van der Waals surface area contributed by atoms with Crippen molar-refractivity contribution in [1.82, 2.24) is 10.2 Å². The van der Waals surface area contributed by atoms with Crippen molar-refractivity contribution < 1.29 is 17.9 Å². The van der Waals surface area contributed by atoms with Crippen molar-refractivity contribution in [3.8, 4) is 0 Å². The SMILES string of the molecule is CC(CC[SiH3])[N+](C)(C)C.CCN(CC)CCCC[SiH3].CNCCCC[SiH3].C[N+](C)(C)CCCC[SiH3].C[N+](C)(C)CCCC[SiH3].C[N+](C)(C)CCC[SiH3]. The van der Waals surface area contributed by atoms with Crippen LogP contribution in [0, 0.1) is 0 Å². The molecule has 0 aromatic carbocycles. The van der Waals surface area contributed by atoms with Crippen molar-refractivity contribution in [3.63, 3.8) is 0 Å². The number of hydrogen-bond donors (Lipinski definition) is 1. The van der Waals surface area contributed by atoms with E-state index in [1.165, 1.54) is 208 Å². The average molecular weight is 848 g/mol. The number of quaternary nitrogens is 4. The van der Waals surface area contributed by atoms with E-state index in [0.717, 1.165) is 24.0 Å². The predicted octanol–water partition coefficient (Wildman–Crippen LogP) is 1.30. The molecule has 1 N–H and O–H groups in total. The maximum atomic E-state index is 3.12. The van der Waals surface area contributed by atoms with Crippen molar-refractivity contribution in [2.45, 2.75) is 127 Å². The highest BCUT2D eigenvalue weighted by Crippen LogP contribution is 2.07. The van der Waals surface area contributed by atoms with Crippen LogP contribution in [0.5, 0.6) is 0 Å². The smallest absolute Gasteiger partial charge is 0.0852 e. The fourth-order valence-electron chi connectivity index (χ4n) is 4.79. The fourth-order valence-corrected chi connectivity index (χ4v) is 7.94. The van der Waals surface area contributed by atoms with Crippen molar-refractivity contribution >= 4 is 61.5 Å². The zero-order valence-corrected chi connectivity index (χ0v) is 53.6. The van der Waals surface area contributed by atoms with E-state index >= 15 is 0 Å². The lowest BCUT2D eigenvalue weighted by Crippen LogP contribution is -2.42. The van der Waals surface area contributed by atoms with Gasteiger partial charge in [-0.3, -0.25) is 0 Å². The van der Waals surface area contributed by atoms with E-state index in [9.17, 15) is 0 Å². The van der Waals surface area contributed by atoms with E-state index in [-0.39, 0.29) is 0 Å². The second-order valence-electron chi connectivity index (χ2n) is 19.1. The molecule has 0 aromatic heterocycles. The van der Waals surface area contributed by atoms with Crippen LogP contribution in [0.3, 0.4) is 0 Å². The molecule has 0 rings (SSSR count). The zero-order chi connectivity index (χ0) is 42.1. The maximum Gasteiger partial charge on any atom is 0.0852 e. The molecule has 0 aliphatic carbocycles. The van der Waals surface area contributed by atoms with Crippen molar-refractivity contribution in [3.05, 3.63) is 0 Å². The van der Waals surface area contributed by atoms with Gasteiger partial charge in [-0.1, -0.05) is 75.8 Å². The van der Waals surface area contributed by atoms with Crippen LogP contribution >= 0.6 is 0 Å². The molecule has 0 aliphatic rings. The van der Waals surface area contributed by atoms with Gasteiger partial charge in [0.25, 0.3) is 0 Å². The molecule has 1 unspecified atom stereocenters. The summed E-state index contributed by atoms with van der Waals surface area (Å²) in [5, 5.41) is 3.12. The maximum absolute atomic E-state index is 3.12. The Hall–Kier alpha value is 1.06. The lowest BCUT2D eigenvalue weighted by atomic mass is 10.2. The molecule has 0 aliphatic heterocycles. The van der Waals surface area contributed by atoms with Crippen LogP contribution in [-0.2, 0) is 0 Å². The van der Waals surface area contributed by atoms with Gasteiger partial charge in [0.15, 0.2) is 0 Å². The first-order valence-corrected chi connectivity index (χ1v) is 31.0. The van der Waals surface area contributed by atoms with Gasteiger partial charge < -0.3 is 28.1 Å². The first-order chi connectivity index (χ1) is 23.9. The Labute approximate surface area is 352 Å². The van der Waals surface area contributed by atoms with Crippen LogP contribution in [0.1, 0.15) is 85.0 Å². The number of hydrogen-bond acceptors (Lipinski definition) is 2. The quantitative estimate of drug-likeness (QED) is 0.0897. The van der Waals surface area contributed by atoms with E-state index in [4.69, 9.17) is 0 Å². The summed E-state index contributed by atoms with van der Waals surface area (Å²) in [6, 6.07) is 9.61. The minimum absolute atomic E-state index is 0.836. The monoisotopic (exact) mass is 847 g/mol. The van der Waals surface area contributed by atoms with Crippen LogP contribution in [0.15, 0.2) is 0 Å². The van der Waals surface area contributed by atoms with Crippen molar-refractivity contribution in [1.29, 1.82) is 0 Å². The first kappa shape index (κ1) is 64.9. The van der Waals surface area contributed by atoms with Crippen molar-refractivity contribution in [2.24, 2.45) is 0 Å². The van der Waals surface area contributed by atoms with E-state index in [1.54, 1.807) is 0 Å². The molecule has 0 spiro atoms. The van der Waals surface area contributed by atoms with Crippen LogP contribution in [-0.4, -0.2) is 228 Å². The van der Waals surface area contributed by atoms with Gasteiger partial charge in [-0.25, -0.2) is 0 Å². The van der Waals surface area contributed by atoms with E-state index in [2.05, 4.69) is 116 Å². The van der Waals surface area contributed by atoms with Gasteiger partial charge >= 0.3 is 0 Å². The minimum atomic E-state index is 0.836. The summed E-state index contributed by atoms with van der Waals surface area (Å²) in [6.45, 7) is 15.8. The molecule has 1 atom stereocenters. The highest BCUT2D eigenvalue weighted by molar-refractivity contribution is 6.09. The topological polar surface area (TPSA) is 15.3 Å². The highest BCUT2D eigenvalue weighted by Gasteiger charge is 2.15. The molecule has 52 heavy (non-hydrogen) atoms. The van der Waals surface area contributed by atoms with Crippen molar-refractivity contribution in [2.75, 3.05) is 137 Å². The van der Waals surface area contributed by atoms with Gasteiger partial charge in [0.05, 0.1) is 110 Å². The standard InChI is InChI=1S/C8H21NSi.3C7H20NSi.C6H18NSi.C5H15NSi/c1-3-9(4-2)7-5-6-8-10;1-7(5-6-9)8(2,3)4;2*1-8(2,3)6-4-5-7-9;1-7(2,3)5-4-6-8;1-6-4-2-3-5-7/h3-8H2,1-2,10H3;7H,5-6H2,1-4,9H3;2*4-7H2,1-3,9H3;4-6H2,1-3,8H3;6H,2-5H2,1,7H3/q;4*+1;. The number of nitrogens with one attached hydrogen (secondary N) is 1. The van der Waals surface area contributed by atoms with Crippen LogP contribution < -0.4 is 5.32 Å². The Bertz CT molecular complexity index is 608. The lowest BCUT2D eigenvalue weighted by molar-refractivity contribution is -0.894. The molecule has 6 nitrogen and oxygen atoms in total. The predicted molar refractivity (Wildman–Crippen MR) is 273 cm³/mol. The molecular weight excluding hydrogens is 733 g/mol. The minimum Gasteiger partial charge on any atom is -0.331 e. The molecule has 0 amide bonds. The zero-order valence-electron chi connectivity index (χ0n) is 41.6. The third kappa shape index (κ3) is 79.7. The third-order valence-corrected chi connectivity index (χ3v) is 13.2. The molecule has 0 heterocycles. The molecule has 0 aromatic rings. The number of unbranched alkanes of at least 4 members (excludes halogenated alkanes) is 4. The third-order valence-electron chi connectivity index (χ3n) is 9.08. The Kier molecular flexibility index (Phi) is 55.9. The Morgan fingerprint density at radius 3 is 1.02 bits per heavy atom. The summed E-state index contributed by atoms with van der Waals surface area (Å²) in [5.74, 6) is 0. The molecule has 0 radical (unpaired) electrons. The number of rotatable bonds is 24. The molecular formula is C40H114N6Si6+4. The van der Waals surface area contributed by atoms with Crippen LogP contribution in [0.2, 0.25) is 36.3 Å². The second-order valence-corrected chi connectivity index (χ2v) is 25.1. The summed E-state index contributed by atoms with van der Waals surface area (Å²) >= 11 is 0. The summed E-state index contributed by atoms with van der Waals surface area (Å²) in [7, 11) is 37.3. The fraction of sp³-hybridized carbons (Fsp3) is 1.00. The van der Waals surface area contributed by atoms with E-state index in [0.29, 0.717) is 0 Å². The Balaban J connectivity index is -0.000000122. The summed E-state index contributed by atoms with van der Waals surface area (Å²) in [5.41, 5.74) is 0. The molecule has 0 saturated heterocycles. The molecule has 0 bridgehead atoms. The molecule has 12 heteroatoms. The Morgan fingerprint density at radius 1 is 0.462 bits per heavy atom. The van der Waals surface area contributed by atoms with Gasteiger partial charge in [-0.2, -0.15) is 0 Å². The second kappa shape index (κ2) is 44.8. The van der Waals surface area contributed by atoms with Crippen LogP contribution in [0.4, 0.5) is 0 Å². The van der Waals surface area contributed by atoms with Gasteiger partial charge in [0, 0.05) is 61.5 Å². The van der Waals surface area contributed by atoms with Gasteiger partial charge in [-0.15, -0.1) is 0 Å². The molecule has 0 saturated carbocycles. The summed E-state index contributed by atoms with van der Waals surface area (Å²) in [4.78, 5) is 2.50. The van der Waals surface area contributed by atoms with Gasteiger partial charge in [-0.05, 0) is 78.7 Å². The molecule has 0 fully saturated rings. The average Bonchev–Trinajstić information content (AvgIpc) is 3.02. The summed E-state index contributed by atoms with van der Waals surface area (Å²) in [6.07, 6.45) is 14.2. The normalized spacial score (nSPS) is 12.4. The van der Waals surface area contributed by atoms with Gasteiger partial charge in [0.1, 0.15) is 0 Å². The highest BCUT2D eigenvalue weighted by atomic mass is 28.2. The number of nitrogens with zero attached hydrogens (tertiary/aromatic N) is 5.